The third kappa shape index (κ3) is 5.92. The Morgan fingerprint density at radius 2 is 1.83 bits per heavy atom. The minimum Gasteiger partial charge on any atom is -0.494 e. The molecule has 9 heteroatoms. The summed E-state index contributed by atoms with van der Waals surface area (Å²) in [4.78, 5) is 35.6. The van der Waals surface area contributed by atoms with Gasteiger partial charge in [0.1, 0.15) is 11.8 Å². The Kier molecular flexibility index (Phi) is 7.55. The zero-order valence-electron chi connectivity index (χ0n) is 16.3. The summed E-state index contributed by atoms with van der Waals surface area (Å²) < 4.78 is 5.36. The van der Waals surface area contributed by atoms with E-state index in [1.54, 1.807) is 38.1 Å². The van der Waals surface area contributed by atoms with Gasteiger partial charge >= 0.3 is 0 Å². The van der Waals surface area contributed by atoms with E-state index in [0.29, 0.717) is 18.0 Å². The highest BCUT2D eigenvalue weighted by molar-refractivity contribution is 6.34. The molecule has 29 heavy (non-hydrogen) atoms. The predicted octanol–water partition coefficient (Wildman–Crippen LogP) is 4.04. The number of hydrogen-bond acceptors (Lipinski definition) is 5. The van der Waals surface area contributed by atoms with E-state index in [1.807, 2.05) is 6.92 Å². The van der Waals surface area contributed by atoms with Crippen molar-refractivity contribution in [2.45, 2.75) is 26.8 Å². The third-order valence-electron chi connectivity index (χ3n) is 4.07. The number of nitrogens with one attached hydrogen (secondary N) is 2. The Balaban J connectivity index is 2.15. The van der Waals surface area contributed by atoms with Gasteiger partial charge in [-0.15, -0.1) is 0 Å². The Morgan fingerprint density at radius 3 is 2.38 bits per heavy atom. The number of halogens is 1. The summed E-state index contributed by atoms with van der Waals surface area (Å²) in [5.41, 5.74) is 0.214. The van der Waals surface area contributed by atoms with Crippen molar-refractivity contribution in [2.24, 2.45) is 5.92 Å². The van der Waals surface area contributed by atoms with Crippen molar-refractivity contribution in [1.82, 2.24) is 5.32 Å². The summed E-state index contributed by atoms with van der Waals surface area (Å²) in [6, 6.07) is 9.54. The van der Waals surface area contributed by atoms with Gasteiger partial charge in [0.05, 0.1) is 22.1 Å². The molecular formula is C20H22ClN3O5. The molecule has 0 aromatic heterocycles. The largest absolute Gasteiger partial charge is 0.494 e. The van der Waals surface area contributed by atoms with Gasteiger partial charge in [-0.05, 0) is 43.2 Å². The standard InChI is InChI=1S/C20H22ClN3O5/c1-4-29-15-8-5-13(6-9-15)22-20(26)18(12(2)3)23-19(25)16-11-14(24(27)28)7-10-17(16)21/h5-12,18H,4H2,1-3H3,(H,22,26)(H,23,25)/t18-/m1/s1. The summed E-state index contributed by atoms with van der Waals surface area (Å²) in [5.74, 6) is -0.642. The second-order valence-electron chi connectivity index (χ2n) is 6.56. The van der Waals surface area contributed by atoms with E-state index in [1.165, 1.54) is 12.1 Å². The average molecular weight is 420 g/mol. The number of ether oxygens (including phenoxy) is 1. The molecule has 154 valence electrons. The van der Waals surface area contributed by atoms with Crippen molar-refractivity contribution in [1.29, 1.82) is 0 Å². The van der Waals surface area contributed by atoms with Crippen molar-refractivity contribution >= 4 is 34.8 Å². The Labute approximate surface area is 173 Å². The number of rotatable bonds is 8. The number of anilines is 1. The number of nitro groups is 1. The van der Waals surface area contributed by atoms with E-state index in [9.17, 15) is 19.7 Å². The highest BCUT2D eigenvalue weighted by atomic mass is 35.5. The van der Waals surface area contributed by atoms with Crippen LogP contribution < -0.4 is 15.4 Å². The number of hydrogen-bond donors (Lipinski definition) is 2. The number of carbonyl (C=O) groups is 2. The molecule has 2 N–H and O–H groups in total. The molecule has 0 saturated heterocycles. The van der Waals surface area contributed by atoms with Crippen molar-refractivity contribution in [3.8, 4) is 5.75 Å². The lowest BCUT2D eigenvalue weighted by Gasteiger charge is -2.22. The molecule has 8 nitrogen and oxygen atoms in total. The summed E-state index contributed by atoms with van der Waals surface area (Å²) in [6.45, 7) is 5.96. The molecular weight excluding hydrogens is 398 g/mol. The normalized spacial score (nSPS) is 11.6. The second-order valence-corrected chi connectivity index (χ2v) is 6.97. The number of amides is 2. The highest BCUT2D eigenvalue weighted by Gasteiger charge is 2.26. The molecule has 0 aliphatic rings. The first-order valence-corrected chi connectivity index (χ1v) is 9.39. The van der Waals surface area contributed by atoms with Gasteiger partial charge < -0.3 is 15.4 Å². The van der Waals surface area contributed by atoms with Crippen LogP contribution in [0.15, 0.2) is 42.5 Å². The molecule has 2 aromatic carbocycles. The predicted molar refractivity (Wildman–Crippen MR) is 110 cm³/mol. The lowest BCUT2D eigenvalue weighted by atomic mass is 10.0. The first-order valence-electron chi connectivity index (χ1n) is 9.01. The fourth-order valence-electron chi connectivity index (χ4n) is 2.58. The number of nitro benzene ring substituents is 1. The van der Waals surface area contributed by atoms with Gasteiger partial charge in [-0.3, -0.25) is 19.7 Å². The van der Waals surface area contributed by atoms with Crippen LogP contribution in [-0.2, 0) is 4.79 Å². The van der Waals surface area contributed by atoms with Gasteiger partial charge in [-0.1, -0.05) is 25.4 Å². The molecule has 0 aliphatic heterocycles. The van der Waals surface area contributed by atoms with Crippen LogP contribution in [0, 0.1) is 16.0 Å². The SMILES string of the molecule is CCOc1ccc(NC(=O)[C@H](NC(=O)c2cc([N+](=O)[O-])ccc2Cl)C(C)C)cc1. The monoisotopic (exact) mass is 419 g/mol. The van der Waals surface area contributed by atoms with E-state index in [0.717, 1.165) is 6.07 Å². The summed E-state index contributed by atoms with van der Waals surface area (Å²) in [6.07, 6.45) is 0. The number of non-ortho nitro benzene ring substituents is 1. The molecule has 0 radical (unpaired) electrons. The minimum absolute atomic E-state index is 0.0579. The Morgan fingerprint density at radius 1 is 1.17 bits per heavy atom. The second kappa shape index (κ2) is 9.88. The maximum absolute atomic E-state index is 12.7. The van der Waals surface area contributed by atoms with Crippen molar-refractivity contribution in [3.05, 3.63) is 63.2 Å². The molecule has 0 unspecified atom stereocenters. The molecule has 0 spiro atoms. The summed E-state index contributed by atoms with van der Waals surface area (Å²) in [7, 11) is 0. The molecule has 2 rings (SSSR count). The molecule has 0 aliphatic carbocycles. The van der Waals surface area contributed by atoms with E-state index in [2.05, 4.69) is 10.6 Å². The molecule has 1 atom stereocenters. The fraction of sp³-hybridized carbons (Fsp3) is 0.300. The quantitative estimate of drug-likeness (QED) is 0.495. The number of carbonyl (C=O) groups excluding carboxylic acids is 2. The molecule has 2 aromatic rings. The lowest BCUT2D eigenvalue weighted by Crippen LogP contribution is -2.47. The average Bonchev–Trinajstić information content (AvgIpc) is 2.67. The smallest absolute Gasteiger partial charge is 0.270 e. The van der Waals surface area contributed by atoms with E-state index in [-0.39, 0.29) is 22.2 Å². The van der Waals surface area contributed by atoms with Crippen LogP contribution in [0.2, 0.25) is 5.02 Å². The highest BCUT2D eigenvalue weighted by Crippen LogP contribution is 2.23. The molecule has 0 fully saturated rings. The van der Waals surface area contributed by atoms with Crippen LogP contribution in [-0.4, -0.2) is 29.4 Å². The van der Waals surface area contributed by atoms with Crippen LogP contribution in [0.5, 0.6) is 5.75 Å². The lowest BCUT2D eigenvalue weighted by molar-refractivity contribution is -0.384. The van der Waals surface area contributed by atoms with Gasteiger partial charge in [0.25, 0.3) is 11.6 Å². The molecule has 0 heterocycles. The zero-order chi connectivity index (χ0) is 21.6. The van der Waals surface area contributed by atoms with E-state index >= 15 is 0 Å². The minimum atomic E-state index is -0.871. The summed E-state index contributed by atoms with van der Waals surface area (Å²) in [5, 5.41) is 16.4. The maximum atomic E-state index is 12.7. The molecule has 2 amide bonds. The van der Waals surface area contributed by atoms with Gasteiger partial charge in [0.15, 0.2) is 0 Å². The number of nitrogens with zero attached hydrogens (tertiary/aromatic N) is 1. The van der Waals surface area contributed by atoms with E-state index in [4.69, 9.17) is 16.3 Å². The third-order valence-corrected chi connectivity index (χ3v) is 4.40. The van der Waals surface area contributed by atoms with Gasteiger partial charge in [-0.2, -0.15) is 0 Å². The van der Waals surface area contributed by atoms with Gasteiger partial charge in [0, 0.05) is 17.8 Å². The van der Waals surface area contributed by atoms with Crippen LogP contribution >= 0.6 is 11.6 Å². The van der Waals surface area contributed by atoms with E-state index < -0.39 is 22.8 Å². The number of benzene rings is 2. The van der Waals surface area contributed by atoms with Gasteiger partial charge in [-0.25, -0.2) is 0 Å². The van der Waals surface area contributed by atoms with Crippen LogP contribution in [0.25, 0.3) is 0 Å². The fourth-order valence-corrected chi connectivity index (χ4v) is 2.78. The maximum Gasteiger partial charge on any atom is 0.270 e. The van der Waals surface area contributed by atoms with Gasteiger partial charge in [0.2, 0.25) is 5.91 Å². The zero-order valence-corrected chi connectivity index (χ0v) is 17.0. The van der Waals surface area contributed by atoms with Crippen LogP contribution in [0.3, 0.4) is 0 Å². The Bertz CT molecular complexity index is 899. The van der Waals surface area contributed by atoms with Crippen molar-refractivity contribution < 1.29 is 19.2 Å². The molecule has 0 bridgehead atoms. The molecule has 0 saturated carbocycles. The topological polar surface area (TPSA) is 111 Å². The van der Waals surface area contributed by atoms with Crippen LogP contribution in [0.1, 0.15) is 31.1 Å². The van der Waals surface area contributed by atoms with Crippen molar-refractivity contribution in [2.75, 3.05) is 11.9 Å². The van der Waals surface area contributed by atoms with Crippen LogP contribution in [0.4, 0.5) is 11.4 Å². The van der Waals surface area contributed by atoms with Crippen molar-refractivity contribution in [3.63, 3.8) is 0 Å². The first-order chi connectivity index (χ1) is 13.7. The Hall–Kier alpha value is -3.13. The summed E-state index contributed by atoms with van der Waals surface area (Å²) >= 11 is 6.01. The first kappa shape index (κ1) is 22.2.